The van der Waals surface area contributed by atoms with Gasteiger partial charge >= 0.3 is 0 Å². The van der Waals surface area contributed by atoms with Crippen LogP contribution in [0.2, 0.25) is 5.02 Å². The van der Waals surface area contributed by atoms with Crippen LogP contribution in [0.25, 0.3) is 0 Å². The monoisotopic (exact) mass is 319 g/mol. The average Bonchev–Trinajstić information content (AvgIpc) is 2.50. The van der Waals surface area contributed by atoms with Gasteiger partial charge in [-0.05, 0) is 41.7 Å². The van der Waals surface area contributed by atoms with E-state index in [9.17, 15) is 4.79 Å². The van der Waals surface area contributed by atoms with Gasteiger partial charge < -0.3 is 5.32 Å². The van der Waals surface area contributed by atoms with Crippen molar-refractivity contribution in [1.29, 1.82) is 0 Å². The molecule has 0 aromatic heterocycles. The second kappa shape index (κ2) is 6.08. The van der Waals surface area contributed by atoms with Crippen LogP contribution >= 0.6 is 23.2 Å². The van der Waals surface area contributed by atoms with Crippen molar-refractivity contribution in [2.24, 2.45) is 0 Å². The van der Waals surface area contributed by atoms with E-state index in [1.54, 1.807) is 0 Å². The summed E-state index contributed by atoms with van der Waals surface area (Å²) >= 11 is 12.7. The molecule has 0 saturated heterocycles. The Labute approximate surface area is 134 Å². The topological polar surface area (TPSA) is 29.1 Å². The summed E-state index contributed by atoms with van der Waals surface area (Å²) in [5.41, 5.74) is 3.79. The largest absolute Gasteiger partial charge is 0.352 e. The van der Waals surface area contributed by atoms with Crippen molar-refractivity contribution in [3.8, 4) is 0 Å². The Balaban J connectivity index is 1.85. The summed E-state index contributed by atoms with van der Waals surface area (Å²) in [6.45, 7) is 0.703. The highest BCUT2D eigenvalue weighted by molar-refractivity contribution is 6.31. The Kier molecular flexibility index (Phi) is 4.18. The molecule has 1 amide bonds. The molecule has 0 radical (unpaired) electrons. The van der Waals surface area contributed by atoms with E-state index in [4.69, 9.17) is 23.2 Å². The summed E-state index contributed by atoms with van der Waals surface area (Å²) < 4.78 is 0. The zero-order valence-corrected chi connectivity index (χ0v) is 12.9. The maximum Gasteiger partial charge on any atom is 0.251 e. The van der Waals surface area contributed by atoms with Gasteiger partial charge in [-0.25, -0.2) is 0 Å². The van der Waals surface area contributed by atoms with Gasteiger partial charge in [-0.1, -0.05) is 41.9 Å². The van der Waals surface area contributed by atoms with Crippen molar-refractivity contribution in [2.45, 2.75) is 18.2 Å². The molecular weight excluding hydrogens is 305 g/mol. The van der Waals surface area contributed by atoms with Crippen LogP contribution in [0, 0.1) is 0 Å². The number of hydrogen-bond acceptors (Lipinski definition) is 1. The third-order valence-corrected chi connectivity index (χ3v) is 4.55. The molecule has 0 aliphatic carbocycles. The van der Waals surface area contributed by atoms with Gasteiger partial charge in [0, 0.05) is 17.1 Å². The molecule has 0 fully saturated rings. The summed E-state index contributed by atoms with van der Waals surface area (Å²) in [5.74, 6) is -0.0142. The Morgan fingerprint density at radius 1 is 1.19 bits per heavy atom. The van der Waals surface area contributed by atoms with Crippen LogP contribution in [0.4, 0.5) is 0 Å². The number of amides is 1. The lowest BCUT2D eigenvalue weighted by Gasteiger charge is -2.19. The summed E-state index contributed by atoms with van der Waals surface area (Å²) in [4.78, 5) is 11.9. The Hall–Kier alpha value is -1.51. The molecule has 0 bridgehead atoms. The number of carbonyl (C=O) groups excluding carboxylic acids is 1. The molecule has 1 aliphatic heterocycles. The highest BCUT2D eigenvalue weighted by Crippen LogP contribution is 2.30. The van der Waals surface area contributed by atoms with Gasteiger partial charge in [0.15, 0.2) is 0 Å². The van der Waals surface area contributed by atoms with Crippen LogP contribution < -0.4 is 5.32 Å². The minimum Gasteiger partial charge on any atom is -0.352 e. The molecule has 1 aliphatic rings. The van der Waals surface area contributed by atoms with Crippen molar-refractivity contribution in [1.82, 2.24) is 5.32 Å². The minimum atomic E-state index is -0.204. The number of carbonyl (C=O) groups is 1. The molecule has 2 aromatic rings. The normalized spacial score (nSPS) is 15.2. The zero-order chi connectivity index (χ0) is 14.8. The van der Waals surface area contributed by atoms with E-state index in [-0.39, 0.29) is 11.3 Å². The number of hydrogen-bond donors (Lipinski definition) is 1. The molecule has 1 N–H and O–H groups in total. The molecule has 0 saturated carbocycles. The predicted octanol–water partition coefficient (Wildman–Crippen LogP) is 4.15. The number of fused-ring (bicyclic) bond motifs is 1. The smallest absolute Gasteiger partial charge is 0.251 e. The molecule has 3 rings (SSSR count). The number of halogens is 2. The van der Waals surface area contributed by atoms with Crippen LogP contribution in [-0.4, -0.2) is 12.5 Å². The molecule has 0 spiro atoms. The van der Waals surface area contributed by atoms with Gasteiger partial charge in [-0.3, -0.25) is 4.79 Å². The van der Waals surface area contributed by atoms with E-state index in [1.165, 1.54) is 0 Å². The first-order valence-corrected chi connectivity index (χ1v) is 7.75. The first-order valence-electron chi connectivity index (χ1n) is 6.93. The number of benzene rings is 2. The van der Waals surface area contributed by atoms with Crippen molar-refractivity contribution in [3.05, 3.63) is 69.7 Å². The minimum absolute atomic E-state index is 0.0142. The SMILES string of the molecule is O=C1NCCc2ccc(C(Cl)Cc3ccccc3Cl)cc21. The number of alkyl halides is 1. The zero-order valence-electron chi connectivity index (χ0n) is 11.4. The summed E-state index contributed by atoms with van der Waals surface area (Å²) in [6.07, 6.45) is 1.51. The molecular formula is C17H15Cl2NO. The predicted molar refractivity (Wildman–Crippen MR) is 86.2 cm³/mol. The lowest BCUT2D eigenvalue weighted by Crippen LogP contribution is -2.31. The molecule has 2 nitrogen and oxygen atoms in total. The van der Waals surface area contributed by atoms with Gasteiger partial charge in [0.2, 0.25) is 0 Å². The Bertz CT molecular complexity index is 684. The van der Waals surface area contributed by atoms with Crippen LogP contribution in [0.15, 0.2) is 42.5 Å². The Morgan fingerprint density at radius 3 is 2.81 bits per heavy atom. The van der Waals surface area contributed by atoms with E-state index in [0.29, 0.717) is 13.0 Å². The first kappa shape index (κ1) is 14.4. The van der Waals surface area contributed by atoms with E-state index in [1.807, 2.05) is 42.5 Å². The quantitative estimate of drug-likeness (QED) is 0.846. The van der Waals surface area contributed by atoms with Crippen LogP contribution in [0.5, 0.6) is 0 Å². The maximum absolute atomic E-state index is 11.9. The Morgan fingerprint density at radius 2 is 2.00 bits per heavy atom. The van der Waals surface area contributed by atoms with Crippen molar-refractivity contribution >= 4 is 29.1 Å². The molecule has 1 heterocycles. The van der Waals surface area contributed by atoms with Gasteiger partial charge in [-0.2, -0.15) is 0 Å². The van der Waals surface area contributed by atoms with Crippen molar-refractivity contribution < 1.29 is 4.79 Å². The number of rotatable bonds is 3. The lowest BCUT2D eigenvalue weighted by molar-refractivity contribution is 0.0946. The number of nitrogens with one attached hydrogen (secondary N) is 1. The molecule has 4 heteroatoms. The third-order valence-electron chi connectivity index (χ3n) is 3.78. The highest BCUT2D eigenvalue weighted by atomic mass is 35.5. The fourth-order valence-corrected chi connectivity index (χ4v) is 3.11. The summed E-state index contributed by atoms with van der Waals surface area (Å²) in [5, 5.41) is 3.38. The highest BCUT2D eigenvalue weighted by Gasteiger charge is 2.19. The fourth-order valence-electron chi connectivity index (χ4n) is 2.60. The fraction of sp³-hybridized carbons (Fsp3) is 0.235. The molecule has 1 unspecified atom stereocenters. The van der Waals surface area contributed by atoms with E-state index in [2.05, 4.69) is 5.32 Å². The maximum atomic E-state index is 11.9. The third kappa shape index (κ3) is 3.07. The van der Waals surface area contributed by atoms with E-state index < -0.39 is 0 Å². The van der Waals surface area contributed by atoms with Gasteiger partial charge in [-0.15, -0.1) is 11.6 Å². The second-order valence-electron chi connectivity index (χ2n) is 5.19. The molecule has 2 aromatic carbocycles. The van der Waals surface area contributed by atoms with E-state index >= 15 is 0 Å². The lowest BCUT2D eigenvalue weighted by atomic mass is 9.95. The molecule has 1 atom stereocenters. The second-order valence-corrected chi connectivity index (χ2v) is 6.12. The van der Waals surface area contributed by atoms with Crippen molar-refractivity contribution in [2.75, 3.05) is 6.54 Å². The van der Waals surface area contributed by atoms with Gasteiger partial charge in [0.05, 0.1) is 5.38 Å². The van der Waals surface area contributed by atoms with Gasteiger partial charge in [0.25, 0.3) is 5.91 Å². The van der Waals surface area contributed by atoms with Crippen LogP contribution in [-0.2, 0) is 12.8 Å². The summed E-state index contributed by atoms with van der Waals surface area (Å²) in [7, 11) is 0. The molecule has 108 valence electrons. The molecule has 21 heavy (non-hydrogen) atoms. The first-order chi connectivity index (χ1) is 10.1. The van der Waals surface area contributed by atoms with Crippen LogP contribution in [0.1, 0.15) is 32.4 Å². The van der Waals surface area contributed by atoms with Crippen molar-refractivity contribution in [3.63, 3.8) is 0 Å². The summed E-state index contributed by atoms with van der Waals surface area (Å²) in [6, 6.07) is 13.6. The van der Waals surface area contributed by atoms with E-state index in [0.717, 1.165) is 33.7 Å². The van der Waals surface area contributed by atoms with Gasteiger partial charge in [0.1, 0.15) is 0 Å². The van der Waals surface area contributed by atoms with Crippen LogP contribution in [0.3, 0.4) is 0 Å². The average molecular weight is 320 g/mol. The standard InChI is InChI=1S/C17H15Cl2NO/c18-15-4-2-1-3-12(15)10-16(19)13-6-5-11-7-8-20-17(21)14(11)9-13/h1-6,9,16H,7-8,10H2,(H,20,21).